The molecule has 8 aliphatic rings. The first-order valence-electron chi connectivity index (χ1n) is 14.0. The second-order valence-corrected chi connectivity index (χ2v) is 13.3. The van der Waals surface area contributed by atoms with Crippen molar-refractivity contribution in [3.8, 4) is 0 Å². The fraction of sp³-hybridized carbons (Fsp3) is 0.862. The van der Waals surface area contributed by atoms with Gasteiger partial charge in [0.15, 0.2) is 5.78 Å². The van der Waals surface area contributed by atoms with Crippen LogP contribution in [0.15, 0.2) is 11.6 Å². The molecule has 0 amide bonds. The number of hydrogen-bond acceptors (Lipinski definition) is 6. The third-order valence-electron chi connectivity index (χ3n) is 11.8. The first kappa shape index (κ1) is 22.9. The summed E-state index contributed by atoms with van der Waals surface area (Å²) in [4.78, 5) is 26.9. The van der Waals surface area contributed by atoms with Gasteiger partial charge in [0.1, 0.15) is 25.4 Å². The normalized spacial score (nSPS) is 52.5. The maximum absolute atomic E-state index is 13.6. The maximum atomic E-state index is 13.6. The van der Waals surface area contributed by atoms with Crippen LogP contribution in [0, 0.1) is 51.8 Å². The third kappa shape index (κ3) is 3.18. The van der Waals surface area contributed by atoms with Crippen LogP contribution in [0.3, 0.4) is 0 Å². The number of hydrogen-bond donors (Lipinski definition) is 0. The van der Waals surface area contributed by atoms with Crippen LogP contribution < -0.4 is 0 Å². The van der Waals surface area contributed by atoms with Gasteiger partial charge in [-0.3, -0.25) is 9.59 Å². The van der Waals surface area contributed by atoms with Crippen molar-refractivity contribution in [1.82, 2.24) is 0 Å². The number of esters is 1. The number of ketones is 1. The van der Waals surface area contributed by atoms with Crippen LogP contribution in [0.5, 0.6) is 0 Å². The standard InChI is InChI=1S/C29H40O6/c1-16-20-10-29-8-5-21-27(2,6-4-7-28(21,3)23(30)15-32-11-17-12-33-17)22(29)9-19(20)24(25(16)29)26(31)35-14-18-13-34-18/h10,16-19,21-22,24-25H,4-9,11-15H2,1-3H3. The Morgan fingerprint density at radius 3 is 2.54 bits per heavy atom. The summed E-state index contributed by atoms with van der Waals surface area (Å²) in [7, 11) is 0. The van der Waals surface area contributed by atoms with Crippen LogP contribution >= 0.6 is 0 Å². The molecule has 0 aromatic rings. The minimum Gasteiger partial charge on any atom is -0.463 e. The van der Waals surface area contributed by atoms with E-state index in [1.807, 2.05) is 0 Å². The van der Waals surface area contributed by atoms with Gasteiger partial charge in [-0.05, 0) is 72.5 Å². The van der Waals surface area contributed by atoms with E-state index in [0.717, 1.165) is 45.3 Å². The minimum absolute atomic E-state index is 0.00907. The number of epoxide rings is 2. The molecule has 6 aliphatic carbocycles. The van der Waals surface area contributed by atoms with Crippen LogP contribution in [-0.4, -0.2) is 57.0 Å². The lowest BCUT2D eigenvalue weighted by molar-refractivity contribution is -0.189. The Hall–Kier alpha value is -1.24. The van der Waals surface area contributed by atoms with Crippen LogP contribution in [-0.2, 0) is 28.5 Å². The van der Waals surface area contributed by atoms with E-state index in [1.54, 1.807) is 0 Å². The van der Waals surface area contributed by atoms with E-state index >= 15 is 0 Å². The number of ether oxygens (including phenoxy) is 4. The molecule has 11 atom stereocenters. The first-order chi connectivity index (χ1) is 16.8. The molecule has 2 aliphatic heterocycles. The summed E-state index contributed by atoms with van der Waals surface area (Å²) >= 11 is 0. The Morgan fingerprint density at radius 1 is 1.06 bits per heavy atom. The topological polar surface area (TPSA) is 77.7 Å². The van der Waals surface area contributed by atoms with Gasteiger partial charge < -0.3 is 18.9 Å². The van der Waals surface area contributed by atoms with Crippen LogP contribution in [0.25, 0.3) is 0 Å². The third-order valence-corrected chi connectivity index (χ3v) is 11.8. The van der Waals surface area contributed by atoms with Gasteiger partial charge in [-0.2, -0.15) is 0 Å². The number of fused-ring (bicyclic) bond motifs is 1. The van der Waals surface area contributed by atoms with Crippen molar-refractivity contribution < 1.29 is 28.5 Å². The average Bonchev–Trinajstić information content (AvgIpc) is 3.76. The zero-order valence-electron chi connectivity index (χ0n) is 21.4. The molecular weight excluding hydrogens is 444 g/mol. The first-order valence-corrected chi connectivity index (χ1v) is 14.0. The Morgan fingerprint density at radius 2 is 1.80 bits per heavy atom. The summed E-state index contributed by atoms with van der Waals surface area (Å²) in [6, 6.07) is 0. The minimum atomic E-state index is -0.319. The van der Waals surface area contributed by atoms with Gasteiger partial charge in [0.05, 0.1) is 25.7 Å². The molecule has 192 valence electrons. The summed E-state index contributed by atoms with van der Waals surface area (Å²) in [5, 5.41) is 0. The zero-order valence-corrected chi connectivity index (χ0v) is 21.4. The number of allylic oxidation sites excluding steroid dienone is 2. The number of carbonyl (C=O) groups is 2. The lowest BCUT2D eigenvalue weighted by Gasteiger charge is -2.67. The van der Waals surface area contributed by atoms with Crippen LogP contribution in [0.1, 0.15) is 59.3 Å². The molecule has 2 heterocycles. The SMILES string of the molecule is CC1C2=CC34CCC5C(C)(C(=O)COCC6CO6)CCCC5(C)C3CC2C(C(=O)OCC2CO2)C14. The van der Waals surface area contributed by atoms with E-state index in [-0.39, 0.29) is 52.7 Å². The van der Waals surface area contributed by atoms with Gasteiger partial charge in [0, 0.05) is 5.41 Å². The summed E-state index contributed by atoms with van der Waals surface area (Å²) in [5.74, 6) is 2.37. The lowest BCUT2D eigenvalue weighted by atomic mass is 9.37. The predicted molar refractivity (Wildman–Crippen MR) is 127 cm³/mol. The predicted octanol–water partition coefficient (Wildman–Crippen LogP) is 3.96. The van der Waals surface area contributed by atoms with Crippen LogP contribution in [0.2, 0.25) is 0 Å². The van der Waals surface area contributed by atoms with Crippen molar-refractivity contribution in [3.63, 3.8) is 0 Å². The summed E-state index contributed by atoms with van der Waals surface area (Å²) in [6.07, 6.45) is 9.44. The average molecular weight is 485 g/mol. The highest BCUT2D eigenvalue weighted by Gasteiger charge is 2.73. The second kappa shape index (κ2) is 7.64. The number of rotatable bonds is 8. The Labute approximate surface area is 208 Å². The van der Waals surface area contributed by atoms with E-state index in [1.165, 1.54) is 12.0 Å². The van der Waals surface area contributed by atoms with Crippen molar-refractivity contribution in [2.75, 3.05) is 33.0 Å². The molecule has 4 bridgehead atoms. The van der Waals surface area contributed by atoms with Gasteiger partial charge in [-0.25, -0.2) is 0 Å². The summed E-state index contributed by atoms with van der Waals surface area (Å²) in [5.41, 5.74) is 1.43. The number of carbonyl (C=O) groups excluding carboxylic acids is 2. The molecule has 0 N–H and O–H groups in total. The number of Topliss-reactive ketones (excluding diaryl/α,β-unsaturated/α-hetero) is 1. The quantitative estimate of drug-likeness (QED) is 0.295. The second-order valence-electron chi connectivity index (χ2n) is 13.3. The molecule has 4 saturated carbocycles. The highest BCUT2D eigenvalue weighted by molar-refractivity contribution is 5.86. The molecule has 6 nitrogen and oxygen atoms in total. The smallest absolute Gasteiger partial charge is 0.309 e. The Kier molecular flexibility index (Phi) is 5.00. The van der Waals surface area contributed by atoms with Crippen molar-refractivity contribution in [3.05, 3.63) is 11.6 Å². The van der Waals surface area contributed by atoms with E-state index in [2.05, 4.69) is 26.8 Å². The van der Waals surface area contributed by atoms with Gasteiger partial charge in [-0.1, -0.05) is 38.8 Å². The van der Waals surface area contributed by atoms with Crippen molar-refractivity contribution in [1.29, 1.82) is 0 Å². The molecule has 6 fully saturated rings. The summed E-state index contributed by atoms with van der Waals surface area (Å²) in [6.45, 7) is 9.71. The monoisotopic (exact) mass is 484 g/mol. The summed E-state index contributed by atoms with van der Waals surface area (Å²) < 4.78 is 22.1. The van der Waals surface area contributed by atoms with Gasteiger partial charge in [0.2, 0.25) is 0 Å². The van der Waals surface area contributed by atoms with Gasteiger partial charge in [-0.15, -0.1) is 0 Å². The van der Waals surface area contributed by atoms with Crippen molar-refractivity contribution in [2.45, 2.75) is 71.5 Å². The highest BCUT2D eigenvalue weighted by atomic mass is 16.6. The maximum Gasteiger partial charge on any atom is 0.309 e. The van der Waals surface area contributed by atoms with Crippen LogP contribution in [0.4, 0.5) is 0 Å². The Bertz CT molecular complexity index is 966. The van der Waals surface area contributed by atoms with E-state index in [4.69, 9.17) is 18.9 Å². The van der Waals surface area contributed by atoms with Crippen molar-refractivity contribution >= 4 is 11.8 Å². The molecule has 0 radical (unpaired) electrons. The molecule has 6 heteroatoms. The largest absolute Gasteiger partial charge is 0.463 e. The fourth-order valence-corrected chi connectivity index (χ4v) is 10.2. The molecule has 11 unspecified atom stereocenters. The Balaban J connectivity index is 1.14. The molecular formula is C29H40O6. The van der Waals surface area contributed by atoms with E-state index in [9.17, 15) is 9.59 Å². The zero-order chi connectivity index (χ0) is 24.2. The van der Waals surface area contributed by atoms with Gasteiger partial charge in [0.25, 0.3) is 0 Å². The molecule has 35 heavy (non-hydrogen) atoms. The molecule has 0 aromatic carbocycles. The molecule has 8 rings (SSSR count). The van der Waals surface area contributed by atoms with Gasteiger partial charge >= 0.3 is 5.97 Å². The molecule has 2 saturated heterocycles. The van der Waals surface area contributed by atoms with E-state index < -0.39 is 0 Å². The highest BCUT2D eigenvalue weighted by Crippen LogP contribution is 2.78. The molecule has 1 spiro atoms. The fourth-order valence-electron chi connectivity index (χ4n) is 10.2. The molecule has 0 aromatic heterocycles. The lowest BCUT2D eigenvalue weighted by Crippen LogP contribution is -2.63. The van der Waals surface area contributed by atoms with E-state index in [0.29, 0.717) is 42.8 Å². The van der Waals surface area contributed by atoms with Crippen molar-refractivity contribution in [2.24, 2.45) is 51.8 Å².